The number of aryl methyl sites for hydroxylation is 2. The van der Waals surface area contributed by atoms with Gasteiger partial charge in [0.2, 0.25) is 0 Å². The summed E-state index contributed by atoms with van der Waals surface area (Å²) in [5.74, 6) is -0.203. The summed E-state index contributed by atoms with van der Waals surface area (Å²) in [7, 11) is 0. The largest absolute Gasteiger partial charge is 0.379 e. The molecule has 0 amide bonds. The molecule has 0 fully saturated rings. The normalized spacial score (nSPS) is 10.4. The van der Waals surface area contributed by atoms with Crippen molar-refractivity contribution in [3.63, 3.8) is 0 Å². The summed E-state index contributed by atoms with van der Waals surface area (Å²) in [6, 6.07) is 11.3. The molecule has 0 aliphatic carbocycles. The topological polar surface area (TPSA) is 12.0 Å². The van der Waals surface area contributed by atoms with Crippen LogP contribution in [0.3, 0.4) is 0 Å². The second kappa shape index (κ2) is 5.21. The lowest BCUT2D eigenvalue weighted by atomic mass is 10.0. The van der Waals surface area contributed by atoms with E-state index in [2.05, 4.69) is 31.3 Å². The number of rotatable bonds is 3. The predicted octanol–water partition coefficient (Wildman–Crippen LogP) is 4.36. The lowest BCUT2D eigenvalue weighted by Gasteiger charge is -2.12. The Hall–Kier alpha value is -1.83. The van der Waals surface area contributed by atoms with Gasteiger partial charge in [-0.15, -0.1) is 0 Å². The van der Waals surface area contributed by atoms with Gasteiger partial charge in [0.15, 0.2) is 0 Å². The lowest BCUT2D eigenvalue weighted by molar-refractivity contribution is 0.629. The minimum atomic E-state index is -0.203. The standard InChI is InChI=1S/C16H18FN/c1-11-7-8-15(17)16(9-11)18-10-14-6-4-5-12(2)13(14)3/h4-9,18H,10H2,1-3H3. The highest BCUT2D eigenvalue weighted by atomic mass is 19.1. The molecule has 0 spiro atoms. The molecule has 1 N–H and O–H groups in total. The highest BCUT2D eigenvalue weighted by molar-refractivity contribution is 5.48. The fourth-order valence-electron chi connectivity index (χ4n) is 1.97. The van der Waals surface area contributed by atoms with Crippen LogP contribution >= 0.6 is 0 Å². The SMILES string of the molecule is Cc1ccc(F)c(NCc2cccc(C)c2C)c1. The Kier molecular flexibility index (Phi) is 3.66. The van der Waals surface area contributed by atoms with Crippen molar-refractivity contribution < 1.29 is 4.39 Å². The average Bonchev–Trinajstić information content (AvgIpc) is 2.35. The molecule has 0 unspecified atom stereocenters. The fourth-order valence-corrected chi connectivity index (χ4v) is 1.97. The molecule has 0 saturated heterocycles. The van der Waals surface area contributed by atoms with Crippen LogP contribution in [0.2, 0.25) is 0 Å². The Labute approximate surface area is 108 Å². The molecule has 0 aliphatic heterocycles. The Morgan fingerprint density at radius 3 is 2.61 bits per heavy atom. The number of hydrogen-bond donors (Lipinski definition) is 1. The number of benzene rings is 2. The average molecular weight is 243 g/mol. The molecule has 2 rings (SSSR count). The number of halogens is 1. The Bertz CT molecular complexity index is 559. The first kappa shape index (κ1) is 12.6. The summed E-state index contributed by atoms with van der Waals surface area (Å²) >= 11 is 0. The van der Waals surface area contributed by atoms with E-state index >= 15 is 0 Å². The van der Waals surface area contributed by atoms with Gasteiger partial charge in [-0.25, -0.2) is 4.39 Å². The first-order chi connectivity index (χ1) is 8.58. The maximum Gasteiger partial charge on any atom is 0.146 e. The molecule has 2 aromatic rings. The zero-order chi connectivity index (χ0) is 13.1. The minimum Gasteiger partial charge on any atom is -0.379 e. The van der Waals surface area contributed by atoms with Crippen molar-refractivity contribution in [1.82, 2.24) is 0 Å². The summed E-state index contributed by atoms with van der Waals surface area (Å²) in [4.78, 5) is 0. The van der Waals surface area contributed by atoms with Crippen LogP contribution in [0, 0.1) is 26.6 Å². The third-order valence-electron chi connectivity index (χ3n) is 3.31. The van der Waals surface area contributed by atoms with Crippen molar-refractivity contribution in [3.05, 3.63) is 64.5 Å². The molecule has 2 heteroatoms. The summed E-state index contributed by atoms with van der Waals surface area (Å²) in [5.41, 5.74) is 5.35. The first-order valence-corrected chi connectivity index (χ1v) is 6.13. The van der Waals surface area contributed by atoms with E-state index in [0.29, 0.717) is 12.2 Å². The van der Waals surface area contributed by atoms with E-state index in [0.717, 1.165) is 5.56 Å². The van der Waals surface area contributed by atoms with Crippen LogP contribution in [-0.4, -0.2) is 0 Å². The molecule has 2 aromatic carbocycles. The van der Waals surface area contributed by atoms with Gasteiger partial charge in [-0.2, -0.15) is 0 Å². The second-order valence-electron chi connectivity index (χ2n) is 4.70. The molecule has 94 valence electrons. The third kappa shape index (κ3) is 2.70. The van der Waals surface area contributed by atoms with Gasteiger partial charge in [0.25, 0.3) is 0 Å². The number of nitrogens with one attached hydrogen (secondary N) is 1. The van der Waals surface area contributed by atoms with E-state index in [4.69, 9.17) is 0 Å². The van der Waals surface area contributed by atoms with Gasteiger partial charge in [0.1, 0.15) is 5.82 Å². The number of hydrogen-bond acceptors (Lipinski definition) is 1. The molecule has 0 aromatic heterocycles. The lowest BCUT2D eigenvalue weighted by Crippen LogP contribution is -2.04. The molecule has 1 nitrogen and oxygen atoms in total. The Balaban J connectivity index is 2.16. The van der Waals surface area contributed by atoms with Crippen LogP contribution in [0.1, 0.15) is 22.3 Å². The van der Waals surface area contributed by atoms with Crippen LogP contribution in [0.15, 0.2) is 36.4 Å². The van der Waals surface area contributed by atoms with Crippen molar-refractivity contribution in [3.8, 4) is 0 Å². The summed E-state index contributed by atoms with van der Waals surface area (Å²) < 4.78 is 13.6. The van der Waals surface area contributed by atoms with Gasteiger partial charge in [0.05, 0.1) is 5.69 Å². The number of anilines is 1. The maximum absolute atomic E-state index is 13.6. The maximum atomic E-state index is 13.6. The molecule has 18 heavy (non-hydrogen) atoms. The van der Waals surface area contributed by atoms with Crippen molar-refractivity contribution in [2.24, 2.45) is 0 Å². The Morgan fingerprint density at radius 2 is 1.83 bits per heavy atom. The molecule has 0 atom stereocenters. The predicted molar refractivity (Wildman–Crippen MR) is 74.4 cm³/mol. The van der Waals surface area contributed by atoms with Gasteiger partial charge in [0, 0.05) is 6.54 Å². The van der Waals surface area contributed by atoms with E-state index in [1.54, 1.807) is 6.07 Å². The smallest absolute Gasteiger partial charge is 0.146 e. The summed E-state index contributed by atoms with van der Waals surface area (Å²) in [5, 5.41) is 3.16. The molecular weight excluding hydrogens is 225 g/mol. The fraction of sp³-hybridized carbons (Fsp3) is 0.250. The molecule has 0 radical (unpaired) electrons. The van der Waals surface area contributed by atoms with Crippen LogP contribution in [0.25, 0.3) is 0 Å². The quantitative estimate of drug-likeness (QED) is 0.844. The van der Waals surface area contributed by atoms with E-state index in [1.807, 2.05) is 19.1 Å². The van der Waals surface area contributed by atoms with Crippen molar-refractivity contribution in [2.45, 2.75) is 27.3 Å². The first-order valence-electron chi connectivity index (χ1n) is 6.13. The van der Waals surface area contributed by atoms with E-state index in [9.17, 15) is 4.39 Å². The van der Waals surface area contributed by atoms with E-state index < -0.39 is 0 Å². The third-order valence-corrected chi connectivity index (χ3v) is 3.31. The minimum absolute atomic E-state index is 0.203. The molecular formula is C16H18FN. The molecule has 0 aliphatic rings. The van der Waals surface area contributed by atoms with Gasteiger partial charge in [-0.3, -0.25) is 0 Å². The van der Waals surface area contributed by atoms with E-state index in [-0.39, 0.29) is 5.82 Å². The van der Waals surface area contributed by atoms with Crippen molar-refractivity contribution in [2.75, 3.05) is 5.32 Å². The van der Waals surface area contributed by atoms with Crippen LogP contribution in [-0.2, 0) is 6.54 Å². The van der Waals surface area contributed by atoms with Gasteiger partial charge >= 0.3 is 0 Å². The van der Waals surface area contributed by atoms with Gasteiger partial charge < -0.3 is 5.32 Å². The second-order valence-corrected chi connectivity index (χ2v) is 4.70. The summed E-state index contributed by atoms with van der Waals surface area (Å²) in [6.45, 7) is 6.79. The van der Waals surface area contributed by atoms with Crippen LogP contribution < -0.4 is 5.32 Å². The van der Waals surface area contributed by atoms with Crippen molar-refractivity contribution in [1.29, 1.82) is 0 Å². The Morgan fingerprint density at radius 1 is 1.06 bits per heavy atom. The highest BCUT2D eigenvalue weighted by Crippen LogP contribution is 2.18. The highest BCUT2D eigenvalue weighted by Gasteiger charge is 2.04. The van der Waals surface area contributed by atoms with Gasteiger partial charge in [-0.05, 0) is 55.2 Å². The molecule has 0 heterocycles. The molecule has 0 bridgehead atoms. The van der Waals surface area contributed by atoms with Crippen LogP contribution in [0.4, 0.5) is 10.1 Å². The summed E-state index contributed by atoms with van der Waals surface area (Å²) in [6.07, 6.45) is 0. The zero-order valence-corrected chi connectivity index (χ0v) is 11.0. The van der Waals surface area contributed by atoms with Crippen LogP contribution in [0.5, 0.6) is 0 Å². The van der Waals surface area contributed by atoms with Crippen molar-refractivity contribution >= 4 is 5.69 Å². The molecule has 0 saturated carbocycles. The van der Waals surface area contributed by atoms with Gasteiger partial charge in [-0.1, -0.05) is 24.3 Å². The monoisotopic (exact) mass is 243 g/mol. The van der Waals surface area contributed by atoms with E-state index in [1.165, 1.54) is 22.8 Å². The zero-order valence-electron chi connectivity index (χ0n) is 11.0.